The van der Waals surface area contributed by atoms with E-state index in [0.29, 0.717) is 6.04 Å². The number of nitrogens with zero attached hydrogens (tertiary/aromatic N) is 2. The Bertz CT molecular complexity index is 607. The van der Waals surface area contributed by atoms with Gasteiger partial charge in [-0.3, -0.25) is 0 Å². The Labute approximate surface area is 118 Å². The van der Waals surface area contributed by atoms with Gasteiger partial charge in [0.1, 0.15) is 17.5 Å². The quantitative estimate of drug-likeness (QED) is 0.794. The van der Waals surface area contributed by atoms with Crippen LogP contribution < -0.4 is 16.0 Å². The van der Waals surface area contributed by atoms with Crippen LogP contribution >= 0.6 is 0 Å². The molecule has 0 amide bonds. The van der Waals surface area contributed by atoms with Gasteiger partial charge in [-0.05, 0) is 25.5 Å². The Kier molecular flexibility index (Phi) is 3.52. The fourth-order valence-corrected chi connectivity index (χ4v) is 2.16. The second-order valence-electron chi connectivity index (χ2n) is 5.13. The molecule has 1 fully saturated rings. The van der Waals surface area contributed by atoms with Gasteiger partial charge >= 0.3 is 0 Å². The average molecular weight is 269 g/mol. The molecule has 3 rings (SSSR count). The van der Waals surface area contributed by atoms with E-state index >= 15 is 0 Å². The number of rotatable bonds is 4. The van der Waals surface area contributed by atoms with Crippen molar-refractivity contribution >= 4 is 17.3 Å². The summed E-state index contributed by atoms with van der Waals surface area (Å²) in [4.78, 5) is 8.87. The predicted octanol–water partition coefficient (Wildman–Crippen LogP) is 2.22. The Balaban J connectivity index is 1.80. The van der Waals surface area contributed by atoms with Crippen molar-refractivity contribution < 1.29 is 0 Å². The molecule has 1 aromatic carbocycles. The maximum absolute atomic E-state index is 4.44. The van der Waals surface area contributed by atoms with Crippen molar-refractivity contribution in [1.29, 1.82) is 0 Å². The lowest BCUT2D eigenvalue weighted by atomic mass is 10.2. The monoisotopic (exact) mass is 269 g/mol. The largest absolute Gasteiger partial charge is 0.365 e. The van der Waals surface area contributed by atoms with Gasteiger partial charge in [0, 0.05) is 24.8 Å². The van der Waals surface area contributed by atoms with E-state index in [1.807, 2.05) is 25.1 Å². The van der Waals surface area contributed by atoms with Gasteiger partial charge in [-0.25, -0.2) is 9.97 Å². The lowest BCUT2D eigenvalue weighted by Crippen LogP contribution is -2.51. The highest BCUT2D eigenvalue weighted by atomic mass is 15.1. The molecule has 1 aromatic heterocycles. The maximum atomic E-state index is 4.44. The van der Waals surface area contributed by atoms with E-state index in [9.17, 15) is 0 Å². The van der Waals surface area contributed by atoms with Crippen molar-refractivity contribution in [3.63, 3.8) is 0 Å². The number of benzene rings is 1. The van der Waals surface area contributed by atoms with Gasteiger partial charge in [-0.2, -0.15) is 0 Å². The fraction of sp³-hybridized carbons (Fsp3) is 0.333. The number of hydrogen-bond acceptors (Lipinski definition) is 5. The van der Waals surface area contributed by atoms with Crippen molar-refractivity contribution in [3.05, 3.63) is 41.7 Å². The second-order valence-corrected chi connectivity index (χ2v) is 5.13. The van der Waals surface area contributed by atoms with E-state index in [2.05, 4.69) is 45.0 Å². The summed E-state index contributed by atoms with van der Waals surface area (Å²) < 4.78 is 0. The van der Waals surface area contributed by atoms with Crippen LogP contribution in [0.5, 0.6) is 0 Å². The minimum absolute atomic E-state index is 0.468. The van der Waals surface area contributed by atoms with Gasteiger partial charge in [0.25, 0.3) is 0 Å². The van der Waals surface area contributed by atoms with E-state index in [1.165, 1.54) is 5.56 Å². The molecule has 2 aromatic rings. The van der Waals surface area contributed by atoms with E-state index in [1.54, 1.807) is 0 Å². The molecular weight excluding hydrogens is 250 g/mol. The fourth-order valence-electron chi connectivity index (χ4n) is 2.16. The number of aromatic nitrogens is 2. The second kappa shape index (κ2) is 5.46. The highest BCUT2D eigenvalue weighted by molar-refractivity contribution is 5.62. The summed E-state index contributed by atoms with van der Waals surface area (Å²) in [5.41, 5.74) is 2.27. The molecule has 1 saturated heterocycles. The van der Waals surface area contributed by atoms with Gasteiger partial charge in [0.05, 0.1) is 6.04 Å². The third-order valence-corrected chi connectivity index (χ3v) is 3.38. The van der Waals surface area contributed by atoms with Crippen molar-refractivity contribution in [2.75, 3.05) is 23.7 Å². The number of anilines is 3. The third kappa shape index (κ3) is 2.88. The summed E-state index contributed by atoms with van der Waals surface area (Å²) in [5.74, 6) is 2.46. The van der Waals surface area contributed by atoms with Crippen LogP contribution in [0.15, 0.2) is 30.3 Å². The van der Waals surface area contributed by atoms with E-state index in [0.717, 1.165) is 36.2 Å². The summed E-state index contributed by atoms with van der Waals surface area (Å²) in [6, 6.07) is 10.6. The van der Waals surface area contributed by atoms with Crippen molar-refractivity contribution in [3.8, 4) is 0 Å². The van der Waals surface area contributed by atoms with E-state index in [-0.39, 0.29) is 0 Å². The molecule has 0 atom stereocenters. The molecule has 0 aliphatic carbocycles. The van der Waals surface area contributed by atoms with Crippen LogP contribution in [0.4, 0.5) is 17.3 Å². The normalized spacial score (nSPS) is 14.7. The Morgan fingerprint density at radius 2 is 1.85 bits per heavy atom. The summed E-state index contributed by atoms with van der Waals surface area (Å²) >= 11 is 0. The molecule has 0 spiro atoms. The summed E-state index contributed by atoms with van der Waals surface area (Å²) in [6.07, 6.45) is 0. The van der Waals surface area contributed by atoms with Gasteiger partial charge in [0.15, 0.2) is 0 Å². The molecule has 104 valence electrons. The molecule has 1 aliphatic rings. The Morgan fingerprint density at radius 3 is 2.55 bits per heavy atom. The van der Waals surface area contributed by atoms with Crippen LogP contribution in [-0.4, -0.2) is 29.1 Å². The van der Waals surface area contributed by atoms with Crippen LogP contribution in [0.25, 0.3) is 0 Å². The molecule has 0 saturated carbocycles. The lowest BCUT2D eigenvalue weighted by Gasteiger charge is -2.28. The van der Waals surface area contributed by atoms with Crippen LogP contribution in [-0.2, 0) is 0 Å². The number of para-hydroxylation sites is 1. The lowest BCUT2D eigenvalue weighted by molar-refractivity contribution is 0.471. The molecule has 5 heteroatoms. The Hall–Kier alpha value is -2.14. The molecular formula is C15H19N5. The Morgan fingerprint density at radius 1 is 1.10 bits per heavy atom. The number of aryl methyl sites for hydroxylation is 2. The first-order valence-corrected chi connectivity index (χ1v) is 6.86. The standard InChI is InChI=1S/C15H19N5/c1-10-5-3-4-6-13(10)20-15-7-14(17-11(2)18-15)19-12-8-16-9-12/h3-7,12,16H,8-9H2,1-2H3,(H2,17,18,19,20). The zero-order chi connectivity index (χ0) is 13.9. The van der Waals surface area contributed by atoms with Gasteiger partial charge < -0.3 is 16.0 Å². The minimum Gasteiger partial charge on any atom is -0.365 e. The van der Waals surface area contributed by atoms with Crippen LogP contribution in [0.2, 0.25) is 0 Å². The minimum atomic E-state index is 0.468. The highest BCUT2D eigenvalue weighted by Crippen LogP contribution is 2.20. The number of nitrogens with one attached hydrogen (secondary N) is 3. The molecule has 0 radical (unpaired) electrons. The van der Waals surface area contributed by atoms with Crippen molar-refractivity contribution in [2.45, 2.75) is 19.9 Å². The molecule has 3 N–H and O–H groups in total. The molecule has 2 heterocycles. The average Bonchev–Trinajstić information content (AvgIpc) is 2.36. The van der Waals surface area contributed by atoms with Crippen LogP contribution in [0.3, 0.4) is 0 Å². The summed E-state index contributed by atoms with van der Waals surface area (Å²) in [5, 5.41) is 10.00. The van der Waals surface area contributed by atoms with E-state index in [4.69, 9.17) is 0 Å². The third-order valence-electron chi connectivity index (χ3n) is 3.38. The van der Waals surface area contributed by atoms with E-state index < -0.39 is 0 Å². The first-order chi connectivity index (χ1) is 9.70. The first kappa shape index (κ1) is 12.9. The van der Waals surface area contributed by atoms with Gasteiger partial charge in [-0.15, -0.1) is 0 Å². The predicted molar refractivity (Wildman–Crippen MR) is 81.5 cm³/mol. The summed E-state index contributed by atoms with van der Waals surface area (Å²) in [7, 11) is 0. The molecule has 20 heavy (non-hydrogen) atoms. The van der Waals surface area contributed by atoms with Gasteiger partial charge in [0.2, 0.25) is 0 Å². The highest BCUT2D eigenvalue weighted by Gasteiger charge is 2.17. The molecule has 0 unspecified atom stereocenters. The van der Waals surface area contributed by atoms with Crippen LogP contribution in [0.1, 0.15) is 11.4 Å². The zero-order valence-corrected chi connectivity index (χ0v) is 11.8. The molecule has 5 nitrogen and oxygen atoms in total. The summed E-state index contributed by atoms with van der Waals surface area (Å²) in [6.45, 7) is 5.97. The number of hydrogen-bond donors (Lipinski definition) is 3. The molecule has 1 aliphatic heterocycles. The van der Waals surface area contributed by atoms with Crippen molar-refractivity contribution in [1.82, 2.24) is 15.3 Å². The van der Waals surface area contributed by atoms with Crippen molar-refractivity contribution in [2.24, 2.45) is 0 Å². The first-order valence-electron chi connectivity index (χ1n) is 6.86. The van der Waals surface area contributed by atoms with Crippen LogP contribution in [0, 0.1) is 13.8 Å². The maximum Gasteiger partial charge on any atom is 0.136 e. The topological polar surface area (TPSA) is 61.9 Å². The smallest absolute Gasteiger partial charge is 0.136 e. The van der Waals surface area contributed by atoms with Gasteiger partial charge in [-0.1, -0.05) is 18.2 Å². The molecule has 0 bridgehead atoms. The zero-order valence-electron chi connectivity index (χ0n) is 11.8. The SMILES string of the molecule is Cc1nc(Nc2ccccc2C)cc(NC2CNC2)n1.